The molecule has 0 saturated carbocycles. The van der Waals surface area contributed by atoms with Crippen molar-refractivity contribution in [3.8, 4) is 0 Å². The lowest BCUT2D eigenvalue weighted by Gasteiger charge is -2.29. The number of hydrogen-bond donors (Lipinski definition) is 3. The van der Waals surface area contributed by atoms with Crippen LogP contribution >= 0.6 is 11.6 Å². The summed E-state index contributed by atoms with van der Waals surface area (Å²) in [4.78, 5) is 4.13. The number of nitrogens with two attached hydrogens (primary N) is 2. The number of hydrogen-bond acceptors (Lipinski definition) is 5. The molecule has 5 N–H and O–H groups in total. The monoisotopic (exact) mass is 375 g/mol. The molecule has 0 spiro atoms. The highest BCUT2D eigenvalue weighted by Crippen LogP contribution is 2.33. The van der Waals surface area contributed by atoms with E-state index in [4.69, 9.17) is 23.2 Å². The maximum atomic E-state index is 13.3. The van der Waals surface area contributed by atoms with Crippen molar-refractivity contribution in [3.05, 3.63) is 40.6 Å². The molecule has 1 aliphatic heterocycles. The fourth-order valence-electron chi connectivity index (χ4n) is 2.43. The molecule has 0 atom stereocenters. The Kier molecular flexibility index (Phi) is 6.69. The largest absolute Gasteiger partial charge is 0.416 e. The predicted molar refractivity (Wildman–Crippen MR) is 94.0 cm³/mol. The highest BCUT2D eigenvalue weighted by molar-refractivity contribution is 6.30. The third kappa shape index (κ3) is 5.62. The molecule has 1 aromatic rings. The molecule has 0 aliphatic carbocycles. The lowest BCUT2D eigenvalue weighted by atomic mass is 10.1. The summed E-state index contributed by atoms with van der Waals surface area (Å²) in [6, 6.07) is 6.73. The van der Waals surface area contributed by atoms with Crippen molar-refractivity contribution in [1.29, 1.82) is 0 Å². The van der Waals surface area contributed by atoms with Crippen LogP contribution in [0.1, 0.15) is 25.7 Å². The van der Waals surface area contributed by atoms with Gasteiger partial charge in [0.25, 0.3) is 0 Å². The molecule has 2 rings (SSSR count). The van der Waals surface area contributed by atoms with Gasteiger partial charge in [0.15, 0.2) is 0 Å². The molecule has 0 fully saturated rings. The fourth-order valence-corrected chi connectivity index (χ4v) is 2.56. The van der Waals surface area contributed by atoms with Crippen LogP contribution in [-0.2, 0) is 0 Å². The number of anilines is 1. The molecule has 138 valence electrons. The van der Waals surface area contributed by atoms with Gasteiger partial charge in [0, 0.05) is 10.7 Å². The summed E-state index contributed by atoms with van der Waals surface area (Å²) < 4.78 is 39.8. The van der Waals surface area contributed by atoms with E-state index in [1.165, 1.54) is 0 Å². The number of nitrogens with zero attached hydrogens (tertiary/aromatic N) is 2. The zero-order chi connectivity index (χ0) is 18.4. The first kappa shape index (κ1) is 19.6. The van der Waals surface area contributed by atoms with E-state index in [2.05, 4.69) is 10.3 Å². The third-order valence-electron chi connectivity index (χ3n) is 3.75. The Morgan fingerprint density at radius 1 is 1.16 bits per heavy atom. The fraction of sp³-hybridized carbons (Fsp3) is 0.438. The minimum Gasteiger partial charge on any atom is -0.330 e. The van der Waals surface area contributed by atoms with E-state index in [1.807, 2.05) is 0 Å². The standard InChI is InChI=1S/C16H21ClF3N5/c17-11-5-7-12(8-6-11)23-15-24-14(4-2-1-3-9-21)13(10-25(15)22)16(18,19)20/h5-8H,1-4,9-10,21-22H2,(H,23,24). The van der Waals surface area contributed by atoms with E-state index in [0.717, 1.165) is 17.9 Å². The number of hydrazine groups is 1. The number of allylic oxidation sites excluding steroid dienone is 1. The average Bonchev–Trinajstić information content (AvgIpc) is 2.55. The molecule has 5 nitrogen and oxygen atoms in total. The number of guanidine groups is 1. The second kappa shape index (κ2) is 8.55. The van der Waals surface area contributed by atoms with Crippen LogP contribution < -0.4 is 16.9 Å². The van der Waals surface area contributed by atoms with Crippen LogP contribution in [-0.4, -0.2) is 30.2 Å². The molecule has 0 radical (unpaired) electrons. The van der Waals surface area contributed by atoms with Crippen LogP contribution in [0.5, 0.6) is 0 Å². The number of halogens is 4. The number of benzene rings is 1. The molecule has 0 saturated heterocycles. The van der Waals surface area contributed by atoms with E-state index in [1.54, 1.807) is 24.3 Å². The average molecular weight is 376 g/mol. The van der Waals surface area contributed by atoms with Crippen molar-refractivity contribution in [2.24, 2.45) is 16.6 Å². The zero-order valence-electron chi connectivity index (χ0n) is 13.6. The van der Waals surface area contributed by atoms with Gasteiger partial charge in [-0.15, -0.1) is 0 Å². The normalized spacial score (nSPS) is 15.4. The molecule has 0 bridgehead atoms. The number of unbranched alkanes of at least 4 members (excludes halogenated alkanes) is 2. The van der Waals surface area contributed by atoms with Crippen molar-refractivity contribution in [2.45, 2.75) is 31.9 Å². The molecule has 1 aromatic carbocycles. The summed E-state index contributed by atoms with van der Waals surface area (Å²) in [6.45, 7) is 0.0730. The summed E-state index contributed by atoms with van der Waals surface area (Å²) in [5, 5.41) is 4.45. The Labute approximate surface area is 149 Å². The number of aliphatic imine (C=N–C) groups is 1. The summed E-state index contributed by atoms with van der Waals surface area (Å²) >= 11 is 5.82. The van der Waals surface area contributed by atoms with Crippen LogP contribution in [0, 0.1) is 0 Å². The highest BCUT2D eigenvalue weighted by Gasteiger charge is 2.39. The van der Waals surface area contributed by atoms with E-state index in [0.29, 0.717) is 23.7 Å². The van der Waals surface area contributed by atoms with Gasteiger partial charge in [-0.1, -0.05) is 18.0 Å². The molecule has 1 heterocycles. The van der Waals surface area contributed by atoms with Gasteiger partial charge in [0.2, 0.25) is 5.96 Å². The Morgan fingerprint density at radius 3 is 2.44 bits per heavy atom. The maximum Gasteiger partial charge on any atom is 0.416 e. The minimum absolute atomic E-state index is 0.0164. The highest BCUT2D eigenvalue weighted by atomic mass is 35.5. The summed E-state index contributed by atoms with van der Waals surface area (Å²) in [7, 11) is 0. The van der Waals surface area contributed by atoms with Crippen molar-refractivity contribution in [2.75, 3.05) is 18.4 Å². The maximum absolute atomic E-state index is 13.3. The van der Waals surface area contributed by atoms with Crippen molar-refractivity contribution >= 4 is 23.2 Å². The minimum atomic E-state index is -4.46. The Hall–Kier alpha value is -1.77. The van der Waals surface area contributed by atoms with Crippen LogP contribution in [0.3, 0.4) is 0 Å². The van der Waals surface area contributed by atoms with Gasteiger partial charge in [-0.25, -0.2) is 10.8 Å². The Morgan fingerprint density at radius 2 is 1.84 bits per heavy atom. The molecular formula is C16H21ClF3N5. The van der Waals surface area contributed by atoms with Crippen LogP contribution in [0.15, 0.2) is 40.5 Å². The smallest absolute Gasteiger partial charge is 0.330 e. The van der Waals surface area contributed by atoms with Gasteiger partial charge in [-0.05, 0) is 50.1 Å². The van der Waals surface area contributed by atoms with E-state index >= 15 is 0 Å². The van der Waals surface area contributed by atoms with Crippen molar-refractivity contribution in [1.82, 2.24) is 5.01 Å². The Bertz CT molecular complexity index is 640. The summed E-state index contributed by atoms with van der Waals surface area (Å²) in [5.74, 6) is 5.92. The van der Waals surface area contributed by atoms with E-state index < -0.39 is 18.3 Å². The van der Waals surface area contributed by atoms with Gasteiger partial charge in [-0.2, -0.15) is 13.2 Å². The molecule has 0 amide bonds. The van der Waals surface area contributed by atoms with E-state index in [-0.39, 0.29) is 18.1 Å². The van der Waals surface area contributed by atoms with Crippen LogP contribution in [0.4, 0.5) is 18.9 Å². The number of rotatable bonds is 6. The SMILES string of the molecule is NCCCCCC1=C(C(F)(F)F)CN(N)C(Nc2ccc(Cl)cc2)=N1. The molecular weight excluding hydrogens is 355 g/mol. The second-order valence-corrected chi connectivity index (χ2v) is 6.15. The Balaban J connectivity index is 2.21. The first-order valence-corrected chi connectivity index (χ1v) is 8.32. The number of alkyl halides is 3. The molecule has 0 unspecified atom stereocenters. The van der Waals surface area contributed by atoms with Gasteiger partial charge >= 0.3 is 6.18 Å². The van der Waals surface area contributed by atoms with Gasteiger partial charge in [0.1, 0.15) is 0 Å². The quantitative estimate of drug-likeness (QED) is 0.524. The molecule has 0 aromatic heterocycles. The number of nitrogens with one attached hydrogen (secondary N) is 1. The second-order valence-electron chi connectivity index (χ2n) is 5.72. The van der Waals surface area contributed by atoms with Gasteiger partial charge < -0.3 is 11.1 Å². The molecule has 25 heavy (non-hydrogen) atoms. The van der Waals surface area contributed by atoms with Crippen molar-refractivity contribution < 1.29 is 13.2 Å². The van der Waals surface area contributed by atoms with Crippen LogP contribution in [0.2, 0.25) is 5.02 Å². The third-order valence-corrected chi connectivity index (χ3v) is 4.00. The lowest BCUT2D eigenvalue weighted by Crippen LogP contribution is -2.47. The zero-order valence-corrected chi connectivity index (χ0v) is 14.4. The summed E-state index contributed by atoms with van der Waals surface area (Å²) in [6.07, 6.45) is -2.11. The van der Waals surface area contributed by atoms with Gasteiger partial charge in [-0.3, -0.25) is 5.01 Å². The van der Waals surface area contributed by atoms with Crippen molar-refractivity contribution in [3.63, 3.8) is 0 Å². The lowest BCUT2D eigenvalue weighted by molar-refractivity contribution is -0.0961. The predicted octanol–water partition coefficient (Wildman–Crippen LogP) is 3.63. The first-order valence-electron chi connectivity index (χ1n) is 7.94. The van der Waals surface area contributed by atoms with Gasteiger partial charge in [0.05, 0.1) is 17.8 Å². The first-order chi connectivity index (χ1) is 11.8. The summed E-state index contributed by atoms with van der Waals surface area (Å²) in [5.41, 5.74) is 5.37. The van der Waals surface area contributed by atoms with Crippen LogP contribution in [0.25, 0.3) is 0 Å². The molecule has 9 heteroatoms. The topological polar surface area (TPSA) is 79.7 Å². The van der Waals surface area contributed by atoms with E-state index in [9.17, 15) is 13.2 Å². The molecule has 1 aliphatic rings.